The number of carbonyl (C=O) groups excluding carboxylic acids is 1. The van der Waals surface area contributed by atoms with Crippen molar-refractivity contribution in [3.8, 4) is 0 Å². The number of pyridine rings is 1. The van der Waals surface area contributed by atoms with Gasteiger partial charge in [0.05, 0.1) is 16.3 Å². The Kier molecular flexibility index (Phi) is 5.66. The van der Waals surface area contributed by atoms with E-state index < -0.39 is 15.9 Å². The maximum atomic E-state index is 12.5. The van der Waals surface area contributed by atoms with Crippen LogP contribution in [0, 0.1) is 0 Å². The zero-order valence-electron chi connectivity index (χ0n) is 14.3. The van der Waals surface area contributed by atoms with Gasteiger partial charge in [-0.25, -0.2) is 17.7 Å². The van der Waals surface area contributed by atoms with E-state index in [2.05, 4.69) is 10.3 Å². The van der Waals surface area contributed by atoms with Crippen molar-refractivity contribution in [2.75, 3.05) is 38.4 Å². The van der Waals surface area contributed by atoms with E-state index in [-0.39, 0.29) is 10.0 Å². The number of benzene rings is 1. The van der Waals surface area contributed by atoms with Crippen LogP contribution in [-0.4, -0.2) is 51.8 Å². The lowest BCUT2D eigenvalue weighted by Gasteiger charge is -2.20. The first-order chi connectivity index (χ1) is 11.6. The average molecular weight is 383 g/mol. The Morgan fingerprint density at radius 2 is 1.80 bits per heavy atom. The minimum Gasteiger partial charge on any atom is -0.376 e. The van der Waals surface area contributed by atoms with Gasteiger partial charge in [-0.1, -0.05) is 11.6 Å². The highest BCUT2D eigenvalue weighted by Crippen LogP contribution is 2.29. The second kappa shape index (κ2) is 7.38. The van der Waals surface area contributed by atoms with Crippen LogP contribution in [0.4, 0.5) is 11.4 Å². The molecule has 0 aliphatic heterocycles. The molecule has 2 aromatic rings. The monoisotopic (exact) mass is 382 g/mol. The van der Waals surface area contributed by atoms with Crippen LogP contribution in [0.2, 0.25) is 5.15 Å². The number of carbonyl (C=O) groups is 1. The SMILES string of the molecule is CN(C)c1ccc(S(=O)(=O)N(C)C)cc1NC(=O)c1ccnc(Cl)c1. The van der Waals surface area contributed by atoms with E-state index in [0.29, 0.717) is 16.9 Å². The van der Waals surface area contributed by atoms with Gasteiger partial charge in [-0.05, 0) is 30.3 Å². The highest BCUT2D eigenvalue weighted by molar-refractivity contribution is 7.89. The van der Waals surface area contributed by atoms with Crippen LogP contribution in [0.25, 0.3) is 0 Å². The van der Waals surface area contributed by atoms with Gasteiger partial charge < -0.3 is 10.2 Å². The minimum absolute atomic E-state index is 0.0890. The number of sulfonamides is 1. The van der Waals surface area contributed by atoms with Crippen LogP contribution in [0.15, 0.2) is 41.4 Å². The quantitative estimate of drug-likeness (QED) is 0.802. The third-order valence-electron chi connectivity index (χ3n) is 3.47. The first-order valence-corrected chi connectivity index (χ1v) is 9.11. The van der Waals surface area contributed by atoms with Gasteiger partial charge in [-0.2, -0.15) is 0 Å². The van der Waals surface area contributed by atoms with Crippen molar-refractivity contribution in [3.63, 3.8) is 0 Å². The van der Waals surface area contributed by atoms with Crippen LogP contribution in [0.3, 0.4) is 0 Å². The maximum absolute atomic E-state index is 12.5. The number of aromatic nitrogens is 1. The van der Waals surface area contributed by atoms with Crippen molar-refractivity contribution in [2.45, 2.75) is 4.90 Å². The molecule has 2 rings (SSSR count). The number of rotatable bonds is 5. The standard InChI is InChI=1S/C16H19ClN4O3S/c1-20(2)14-6-5-12(25(23,24)21(3)4)10-13(14)19-16(22)11-7-8-18-15(17)9-11/h5-10H,1-4H3,(H,19,22). The van der Waals surface area contributed by atoms with Crippen molar-refractivity contribution >= 4 is 38.9 Å². The summed E-state index contributed by atoms with van der Waals surface area (Å²) in [6.45, 7) is 0. The predicted octanol–water partition coefficient (Wildman–Crippen LogP) is 2.30. The molecule has 9 heteroatoms. The van der Waals surface area contributed by atoms with E-state index in [1.165, 1.54) is 44.6 Å². The number of hydrogen-bond acceptors (Lipinski definition) is 5. The van der Waals surface area contributed by atoms with Crippen LogP contribution < -0.4 is 10.2 Å². The number of hydrogen-bond donors (Lipinski definition) is 1. The van der Waals surface area contributed by atoms with E-state index >= 15 is 0 Å². The smallest absolute Gasteiger partial charge is 0.255 e. The third-order valence-corrected chi connectivity index (χ3v) is 5.48. The van der Waals surface area contributed by atoms with Gasteiger partial charge in [0.15, 0.2) is 0 Å². The summed E-state index contributed by atoms with van der Waals surface area (Å²) < 4.78 is 25.8. The lowest BCUT2D eigenvalue weighted by Crippen LogP contribution is -2.23. The van der Waals surface area contributed by atoms with Crippen molar-refractivity contribution in [1.82, 2.24) is 9.29 Å². The molecule has 7 nitrogen and oxygen atoms in total. The molecule has 0 atom stereocenters. The van der Waals surface area contributed by atoms with Crippen LogP contribution in [0.1, 0.15) is 10.4 Å². The summed E-state index contributed by atoms with van der Waals surface area (Å²) in [6.07, 6.45) is 1.43. The number of nitrogens with one attached hydrogen (secondary N) is 1. The second-order valence-corrected chi connectivity index (χ2v) is 8.22. The van der Waals surface area contributed by atoms with Gasteiger partial charge in [-0.3, -0.25) is 4.79 Å². The van der Waals surface area contributed by atoms with E-state index in [9.17, 15) is 13.2 Å². The summed E-state index contributed by atoms with van der Waals surface area (Å²) in [4.78, 5) is 18.2. The highest BCUT2D eigenvalue weighted by Gasteiger charge is 2.20. The molecule has 0 bridgehead atoms. The molecule has 134 valence electrons. The second-order valence-electron chi connectivity index (χ2n) is 5.68. The molecule has 0 aliphatic rings. The molecule has 0 aliphatic carbocycles. The van der Waals surface area contributed by atoms with Crippen LogP contribution >= 0.6 is 11.6 Å². The van der Waals surface area contributed by atoms with Crippen LogP contribution in [0.5, 0.6) is 0 Å². The lowest BCUT2D eigenvalue weighted by molar-refractivity contribution is 0.102. The van der Waals surface area contributed by atoms with E-state index in [4.69, 9.17) is 11.6 Å². The molecule has 0 saturated carbocycles. The van der Waals surface area contributed by atoms with Crippen molar-refractivity contribution in [3.05, 3.63) is 47.2 Å². The topological polar surface area (TPSA) is 82.6 Å². The normalized spacial score (nSPS) is 11.4. The Labute approximate surface area is 152 Å². The number of nitrogens with zero attached hydrogens (tertiary/aromatic N) is 3. The highest BCUT2D eigenvalue weighted by atomic mass is 35.5. The summed E-state index contributed by atoms with van der Waals surface area (Å²) in [5, 5.41) is 2.94. The minimum atomic E-state index is -3.62. The molecule has 0 unspecified atom stereocenters. The number of anilines is 2. The van der Waals surface area contributed by atoms with E-state index in [1.807, 2.05) is 0 Å². The molecule has 1 amide bonds. The van der Waals surface area contributed by atoms with Gasteiger partial charge in [-0.15, -0.1) is 0 Å². The summed E-state index contributed by atoms with van der Waals surface area (Å²) in [5.74, 6) is -0.410. The molecule has 1 aromatic carbocycles. The molecule has 1 heterocycles. The molecular weight excluding hydrogens is 364 g/mol. The fourth-order valence-corrected chi connectivity index (χ4v) is 3.22. The predicted molar refractivity (Wildman–Crippen MR) is 98.8 cm³/mol. The molecule has 25 heavy (non-hydrogen) atoms. The third kappa shape index (κ3) is 4.28. The first-order valence-electron chi connectivity index (χ1n) is 7.29. The zero-order chi connectivity index (χ0) is 18.8. The summed E-state index contributed by atoms with van der Waals surface area (Å²) in [5.41, 5.74) is 1.38. The van der Waals surface area contributed by atoms with Gasteiger partial charge in [0, 0.05) is 40.0 Å². The van der Waals surface area contributed by atoms with Crippen molar-refractivity contribution in [1.29, 1.82) is 0 Å². The fourth-order valence-electron chi connectivity index (χ4n) is 2.11. The molecular formula is C16H19ClN4O3S. The van der Waals surface area contributed by atoms with E-state index in [0.717, 1.165) is 4.31 Å². The Morgan fingerprint density at radius 3 is 2.36 bits per heavy atom. The van der Waals surface area contributed by atoms with Gasteiger partial charge in [0.1, 0.15) is 5.15 Å². The van der Waals surface area contributed by atoms with Gasteiger partial charge in [0.25, 0.3) is 5.91 Å². The van der Waals surface area contributed by atoms with Gasteiger partial charge >= 0.3 is 0 Å². The lowest BCUT2D eigenvalue weighted by atomic mass is 10.2. The van der Waals surface area contributed by atoms with E-state index in [1.54, 1.807) is 25.1 Å². The number of amides is 1. The van der Waals surface area contributed by atoms with Crippen molar-refractivity contribution in [2.24, 2.45) is 0 Å². The van der Waals surface area contributed by atoms with Gasteiger partial charge in [0.2, 0.25) is 10.0 Å². The first kappa shape index (κ1) is 19.2. The summed E-state index contributed by atoms with van der Waals surface area (Å²) in [6, 6.07) is 7.55. The van der Waals surface area contributed by atoms with Crippen molar-refractivity contribution < 1.29 is 13.2 Å². The molecule has 0 radical (unpaired) electrons. The Morgan fingerprint density at radius 1 is 1.12 bits per heavy atom. The Hall–Kier alpha value is -2.16. The number of halogens is 1. The fraction of sp³-hybridized carbons (Fsp3) is 0.250. The molecule has 1 aromatic heterocycles. The summed E-state index contributed by atoms with van der Waals surface area (Å²) in [7, 11) is 2.89. The maximum Gasteiger partial charge on any atom is 0.255 e. The Balaban J connectivity index is 2.45. The largest absolute Gasteiger partial charge is 0.376 e. The molecule has 0 fully saturated rings. The molecule has 1 N–H and O–H groups in total. The molecule has 0 saturated heterocycles. The van der Waals surface area contributed by atoms with Crippen LogP contribution in [-0.2, 0) is 10.0 Å². The average Bonchev–Trinajstić information content (AvgIpc) is 2.54. The molecule has 0 spiro atoms. The zero-order valence-corrected chi connectivity index (χ0v) is 15.9. The summed E-state index contributed by atoms with van der Waals surface area (Å²) >= 11 is 5.81. The Bertz CT molecular complexity index is 898.